The maximum absolute atomic E-state index is 5.83. The van der Waals surface area contributed by atoms with E-state index in [0.717, 1.165) is 56.3 Å². The molecule has 5 nitrogen and oxygen atoms in total. The number of aromatic nitrogens is 1. The first-order valence-electron chi connectivity index (χ1n) is 8.49. The standard InChI is InChI=1S/C19H22N2O3/c1-2-8-20-16(4-1)12-21(13-17-5-3-9-22-17)11-15-6-7-18-19(10-15)24-14-23-18/h1-2,4,6-8,10,17H,3,5,9,11-14H2. The molecule has 1 fully saturated rings. The van der Waals surface area contributed by atoms with Crippen molar-refractivity contribution in [1.29, 1.82) is 0 Å². The van der Waals surface area contributed by atoms with Crippen LogP contribution in [0.2, 0.25) is 0 Å². The summed E-state index contributed by atoms with van der Waals surface area (Å²) in [5, 5.41) is 0. The van der Waals surface area contributed by atoms with Crippen LogP contribution < -0.4 is 9.47 Å². The molecule has 1 saturated heterocycles. The largest absolute Gasteiger partial charge is 0.454 e. The molecule has 0 spiro atoms. The fraction of sp³-hybridized carbons (Fsp3) is 0.421. The molecular formula is C19H22N2O3. The second-order valence-corrected chi connectivity index (χ2v) is 6.31. The Kier molecular flexibility index (Phi) is 4.62. The lowest BCUT2D eigenvalue weighted by Crippen LogP contribution is -2.31. The molecule has 4 rings (SSSR count). The normalized spacial score (nSPS) is 19.1. The van der Waals surface area contributed by atoms with Gasteiger partial charge in [-0.1, -0.05) is 12.1 Å². The van der Waals surface area contributed by atoms with Crippen LogP contribution in [0.25, 0.3) is 0 Å². The quantitative estimate of drug-likeness (QED) is 0.816. The van der Waals surface area contributed by atoms with E-state index in [1.807, 2.05) is 24.4 Å². The number of fused-ring (bicyclic) bond motifs is 1. The molecule has 1 aromatic carbocycles. The maximum Gasteiger partial charge on any atom is 0.231 e. The van der Waals surface area contributed by atoms with Crippen molar-refractivity contribution in [2.75, 3.05) is 19.9 Å². The van der Waals surface area contributed by atoms with Crippen LogP contribution in [-0.2, 0) is 17.8 Å². The third kappa shape index (κ3) is 3.68. The van der Waals surface area contributed by atoms with Crippen LogP contribution in [-0.4, -0.2) is 35.9 Å². The van der Waals surface area contributed by atoms with Crippen LogP contribution >= 0.6 is 0 Å². The SMILES string of the molecule is c1ccc(CN(Cc2ccc3c(c2)OCO3)CC2CCCO2)nc1. The van der Waals surface area contributed by atoms with Crippen molar-refractivity contribution in [3.8, 4) is 11.5 Å². The Morgan fingerprint density at radius 3 is 2.88 bits per heavy atom. The molecule has 2 aromatic rings. The van der Waals surface area contributed by atoms with Crippen LogP contribution in [0, 0.1) is 0 Å². The minimum absolute atomic E-state index is 0.312. The van der Waals surface area contributed by atoms with Gasteiger partial charge in [0.2, 0.25) is 6.79 Å². The third-order valence-electron chi connectivity index (χ3n) is 4.44. The summed E-state index contributed by atoms with van der Waals surface area (Å²) in [5.41, 5.74) is 2.30. The van der Waals surface area contributed by atoms with E-state index in [-0.39, 0.29) is 0 Å². The number of rotatable bonds is 6. The summed E-state index contributed by atoms with van der Waals surface area (Å²) >= 11 is 0. The Balaban J connectivity index is 1.48. The van der Waals surface area contributed by atoms with E-state index in [2.05, 4.69) is 28.1 Å². The Morgan fingerprint density at radius 1 is 1.08 bits per heavy atom. The van der Waals surface area contributed by atoms with Gasteiger partial charge >= 0.3 is 0 Å². The molecule has 0 radical (unpaired) electrons. The molecule has 1 aromatic heterocycles. The van der Waals surface area contributed by atoms with E-state index in [1.165, 1.54) is 5.56 Å². The van der Waals surface area contributed by atoms with Crippen molar-refractivity contribution in [2.24, 2.45) is 0 Å². The molecule has 3 heterocycles. The predicted octanol–water partition coefficient (Wildman–Crippen LogP) is 2.99. The van der Waals surface area contributed by atoms with Crippen molar-refractivity contribution in [2.45, 2.75) is 32.0 Å². The molecule has 0 bridgehead atoms. The molecule has 2 aliphatic rings. The van der Waals surface area contributed by atoms with Gasteiger partial charge in [-0.05, 0) is 42.7 Å². The van der Waals surface area contributed by atoms with Gasteiger partial charge in [-0.3, -0.25) is 9.88 Å². The molecule has 5 heteroatoms. The van der Waals surface area contributed by atoms with E-state index in [4.69, 9.17) is 14.2 Å². The van der Waals surface area contributed by atoms with Crippen molar-refractivity contribution in [3.05, 3.63) is 53.9 Å². The second-order valence-electron chi connectivity index (χ2n) is 6.31. The first kappa shape index (κ1) is 15.4. The molecule has 0 amide bonds. The molecule has 0 aliphatic carbocycles. The van der Waals surface area contributed by atoms with E-state index < -0.39 is 0 Å². The molecule has 24 heavy (non-hydrogen) atoms. The van der Waals surface area contributed by atoms with Crippen LogP contribution in [0.4, 0.5) is 0 Å². The first-order chi connectivity index (χ1) is 11.9. The highest BCUT2D eigenvalue weighted by molar-refractivity contribution is 5.44. The lowest BCUT2D eigenvalue weighted by Gasteiger charge is -2.25. The third-order valence-corrected chi connectivity index (χ3v) is 4.44. The van der Waals surface area contributed by atoms with E-state index in [9.17, 15) is 0 Å². The zero-order valence-corrected chi connectivity index (χ0v) is 13.7. The fourth-order valence-corrected chi connectivity index (χ4v) is 3.28. The van der Waals surface area contributed by atoms with Gasteiger partial charge in [0, 0.05) is 32.4 Å². The molecule has 1 atom stereocenters. The van der Waals surface area contributed by atoms with Gasteiger partial charge in [0.1, 0.15) is 0 Å². The van der Waals surface area contributed by atoms with Gasteiger partial charge < -0.3 is 14.2 Å². The average Bonchev–Trinajstić information content (AvgIpc) is 3.27. The lowest BCUT2D eigenvalue weighted by atomic mass is 10.1. The van der Waals surface area contributed by atoms with Gasteiger partial charge in [-0.2, -0.15) is 0 Å². The Morgan fingerprint density at radius 2 is 2.04 bits per heavy atom. The molecule has 0 N–H and O–H groups in total. The van der Waals surface area contributed by atoms with Gasteiger partial charge in [0.15, 0.2) is 11.5 Å². The number of ether oxygens (including phenoxy) is 3. The Bertz CT molecular complexity index is 672. The number of nitrogens with zero attached hydrogens (tertiary/aromatic N) is 2. The van der Waals surface area contributed by atoms with Crippen molar-refractivity contribution in [1.82, 2.24) is 9.88 Å². The first-order valence-corrected chi connectivity index (χ1v) is 8.49. The smallest absolute Gasteiger partial charge is 0.231 e. The highest BCUT2D eigenvalue weighted by atomic mass is 16.7. The molecule has 126 valence electrons. The van der Waals surface area contributed by atoms with Crippen LogP contribution in [0.5, 0.6) is 11.5 Å². The van der Waals surface area contributed by atoms with E-state index in [0.29, 0.717) is 12.9 Å². The monoisotopic (exact) mass is 326 g/mol. The summed E-state index contributed by atoms with van der Waals surface area (Å²) < 4.78 is 16.7. The molecular weight excluding hydrogens is 304 g/mol. The summed E-state index contributed by atoms with van der Waals surface area (Å²) in [5.74, 6) is 1.66. The number of hydrogen-bond acceptors (Lipinski definition) is 5. The minimum Gasteiger partial charge on any atom is -0.454 e. The zero-order chi connectivity index (χ0) is 16.2. The van der Waals surface area contributed by atoms with E-state index >= 15 is 0 Å². The van der Waals surface area contributed by atoms with Crippen molar-refractivity contribution >= 4 is 0 Å². The molecule has 1 unspecified atom stereocenters. The second kappa shape index (κ2) is 7.20. The van der Waals surface area contributed by atoms with Gasteiger partial charge in [0.25, 0.3) is 0 Å². The summed E-state index contributed by atoms with van der Waals surface area (Å²) in [6, 6.07) is 12.2. The van der Waals surface area contributed by atoms with Crippen LogP contribution in [0.1, 0.15) is 24.1 Å². The topological polar surface area (TPSA) is 43.8 Å². The summed E-state index contributed by atoms with van der Waals surface area (Å²) in [7, 11) is 0. The molecule has 2 aliphatic heterocycles. The Labute approximate surface area is 142 Å². The number of benzene rings is 1. The average molecular weight is 326 g/mol. The Hall–Kier alpha value is -2.11. The van der Waals surface area contributed by atoms with Gasteiger partial charge in [0.05, 0.1) is 11.8 Å². The van der Waals surface area contributed by atoms with Gasteiger partial charge in [-0.25, -0.2) is 0 Å². The van der Waals surface area contributed by atoms with Crippen molar-refractivity contribution < 1.29 is 14.2 Å². The number of hydrogen-bond donors (Lipinski definition) is 0. The summed E-state index contributed by atoms with van der Waals surface area (Å²) in [6.45, 7) is 3.77. The predicted molar refractivity (Wildman–Crippen MR) is 89.9 cm³/mol. The maximum atomic E-state index is 5.83. The van der Waals surface area contributed by atoms with Crippen molar-refractivity contribution in [3.63, 3.8) is 0 Å². The molecule has 0 saturated carbocycles. The number of pyridine rings is 1. The fourth-order valence-electron chi connectivity index (χ4n) is 3.28. The lowest BCUT2D eigenvalue weighted by molar-refractivity contribution is 0.0674. The summed E-state index contributed by atoms with van der Waals surface area (Å²) in [4.78, 5) is 6.86. The van der Waals surface area contributed by atoms with Gasteiger partial charge in [-0.15, -0.1) is 0 Å². The van der Waals surface area contributed by atoms with Crippen LogP contribution in [0.15, 0.2) is 42.6 Å². The zero-order valence-electron chi connectivity index (χ0n) is 13.7. The minimum atomic E-state index is 0.312. The summed E-state index contributed by atoms with van der Waals surface area (Å²) in [6.07, 6.45) is 4.47. The highest BCUT2D eigenvalue weighted by Gasteiger charge is 2.21. The van der Waals surface area contributed by atoms with E-state index in [1.54, 1.807) is 0 Å². The highest BCUT2D eigenvalue weighted by Crippen LogP contribution is 2.33. The van der Waals surface area contributed by atoms with Crippen LogP contribution in [0.3, 0.4) is 0 Å².